The molecule has 1 aromatic rings. The summed E-state index contributed by atoms with van der Waals surface area (Å²) >= 11 is 0. The van der Waals surface area contributed by atoms with Gasteiger partial charge in [0.15, 0.2) is 5.75 Å². The highest BCUT2D eigenvalue weighted by Gasteiger charge is 2.40. The molecule has 0 aromatic heterocycles. The zero-order valence-electron chi connectivity index (χ0n) is 11.3. The van der Waals surface area contributed by atoms with Crippen molar-refractivity contribution in [2.75, 3.05) is 0 Å². The highest BCUT2D eigenvalue weighted by molar-refractivity contribution is 6.74. The van der Waals surface area contributed by atoms with E-state index in [2.05, 4.69) is 0 Å². The Hall–Kier alpha value is -1.43. The topological polar surface area (TPSA) is 52.4 Å². The van der Waals surface area contributed by atoms with Gasteiger partial charge in [0, 0.05) is 0 Å². The minimum Gasteiger partial charge on any atom is -0.539 e. The average Bonchev–Trinajstić information content (AvgIpc) is 2.14. The van der Waals surface area contributed by atoms with Crippen molar-refractivity contribution in [3.8, 4) is 5.75 Å². The average molecular weight is 271 g/mol. The van der Waals surface area contributed by atoms with Gasteiger partial charge in [-0.05, 0) is 30.3 Å². The number of benzene rings is 1. The molecule has 18 heavy (non-hydrogen) atoms. The van der Waals surface area contributed by atoms with Crippen LogP contribution >= 0.6 is 0 Å². The van der Waals surface area contributed by atoms with E-state index in [0.29, 0.717) is 0 Å². The number of para-hydroxylation sites is 1. The Labute approximate surface area is 107 Å². The number of nitro groups is 1. The Morgan fingerprint density at radius 3 is 2.33 bits per heavy atom. The first-order valence-corrected chi connectivity index (χ1v) is 8.59. The third kappa shape index (κ3) is 2.87. The molecule has 1 aromatic carbocycles. The van der Waals surface area contributed by atoms with E-state index < -0.39 is 24.7 Å². The number of rotatable bonds is 3. The third-order valence-corrected chi connectivity index (χ3v) is 7.65. The van der Waals surface area contributed by atoms with E-state index in [1.807, 2.05) is 33.9 Å². The molecular formula is C12H18FNO3Si. The largest absolute Gasteiger partial charge is 0.539 e. The maximum absolute atomic E-state index is 13.5. The summed E-state index contributed by atoms with van der Waals surface area (Å²) in [5, 5.41) is 10.8. The zero-order valence-corrected chi connectivity index (χ0v) is 12.3. The predicted molar refractivity (Wildman–Crippen MR) is 70.9 cm³/mol. The van der Waals surface area contributed by atoms with Gasteiger partial charge >= 0.3 is 5.69 Å². The predicted octanol–water partition coefficient (Wildman–Crippen LogP) is 4.12. The summed E-state index contributed by atoms with van der Waals surface area (Å²) in [6.45, 7) is 9.97. The van der Waals surface area contributed by atoms with Crippen LogP contribution in [0.2, 0.25) is 18.1 Å². The normalized spacial score (nSPS) is 12.3. The summed E-state index contributed by atoms with van der Waals surface area (Å²) in [5.41, 5.74) is -0.581. The van der Waals surface area contributed by atoms with Gasteiger partial charge in [-0.25, -0.2) is 0 Å². The van der Waals surface area contributed by atoms with Crippen molar-refractivity contribution in [1.29, 1.82) is 0 Å². The first kappa shape index (κ1) is 14.6. The number of hydrogen-bond acceptors (Lipinski definition) is 3. The molecule has 0 aliphatic carbocycles. The third-order valence-electron chi connectivity index (χ3n) is 3.30. The van der Waals surface area contributed by atoms with Gasteiger partial charge in [0.25, 0.3) is 8.32 Å². The standard InChI is InChI=1S/C12H18FNO3Si/c1-12(2,3)18(4,5)17-10-8-6-7-9(13)11(10)14(15)16/h6-8H,1-5H3. The lowest BCUT2D eigenvalue weighted by atomic mass is 10.2. The fourth-order valence-electron chi connectivity index (χ4n) is 1.18. The molecule has 0 heterocycles. The van der Waals surface area contributed by atoms with Gasteiger partial charge in [-0.15, -0.1) is 0 Å². The van der Waals surface area contributed by atoms with Crippen LogP contribution in [0.25, 0.3) is 0 Å². The van der Waals surface area contributed by atoms with Crippen molar-refractivity contribution in [1.82, 2.24) is 0 Å². The highest BCUT2D eigenvalue weighted by atomic mass is 28.4. The summed E-state index contributed by atoms with van der Waals surface area (Å²) in [6.07, 6.45) is 0. The highest BCUT2D eigenvalue weighted by Crippen LogP contribution is 2.40. The van der Waals surface area contributed by atoms with Crippen molar-refractivity contribution in [2.45, 2.75) is 38.9 Å². The second kappa shape index (κ2) is 4.68. The summed E-state index contributed by atoms with van der Waals surface area (Å²) in [7, 11) is -2.22. The van der Waals surface area contributed by atoms with Crippen LogP contribution in [0.5, 0.6) is 5.75 Å². The van der Waals surface area contributed by atoms with Crippen LogP contribution in [0.4, 0.5) is 10.1 Å². The van der Waals surface area contributed by atoms with E-state index in [1.54, 1.807) is 0 Å². The molecule has 0 spiro atoms. The molecule has 0 aliphatic heterocycles. The van der Waals surface area contributed by atoms with Crippen molar-refractivity contribution in [2.24, 2.45) is 0 Å². The Bertz CT molecular complexity index is 469. The van der Waals surface area contributed by atoms with Crippen LogP contribution in [-0.2, 0) is 0 Å². The molecule has 100 valence electrons. The summed E-state index contributed by atoms with van der Waals surface area (Å²) in [5.74, 6) is -0.845. The SMILES string of the molecule is CC(C)(C)[Si](C)(C)Oc1cccc(F)c1[N+](=O)[O-]. The quantitative estimate of drug-likeness (QED) is 0.472. The second-order valence-electron chi connectivity index (χ2n) is 5.71. The molecule has 0 radical (unpaired) electrons. The molecule has 0 bridgehead atoms. The molecule has 0 amide bonds. The van der Waals surface area contributed by atoms with Gasteiger partial charge < -0.3 is 4.43 Å². The van der Waals surface area contributed by atoms with E-state index in [-0.39, 0.29) is 10.8 Å². The molecule has 0 saturated carbocycles. The van der Waals surface area contributed by atoms with E-state index >= 15 is 0 Å². The minimum absolute atomic E-state index is 0.0200. The van der Waals surface area contributed by atoms with Crippen LogP contribution in [0.15, 0.2) is 18.2 Å². The molecule has 0 aliphatic rings. The fraction of sp³-hybridized carbons (Fsp3) is 0.500. The van der Waals surface area contributed by atoms with Crippen LogP contribution < -0.4 is 4.43 Å². The van der Waals surface area contributed by atoms with Crippen molar-refractivity contribution in [3.63, 3.8) is 0 Å². The monoisotopic (exact) mass is 271 g/mol. The zero-order chi connectivity index (χ0) is 14.1. The Kier molecular flexibility index (Phi) is 3.80. The van der Waals surface area contributed by atoms with Crippen molar-refractivity contribution >= 4 is 14.0 Å². The molecule has 0 N–H and O–H groups in total. The molecule has 4 nitrogen and oxygen atoms in total. The summed E-state index contributed by atoms with van der Waals surface area (Å²) in [6, 6.07) is 3.93. The Morgan fingerprint density at radius 2 is 1.89 bits per heavy atom. The molecule has 6 heteroatoms. The van der Waals surface area contributed by atoms with Gasteiger partial charge in [0.1, 0.15) is 0 Å². The van der Waals surface area contributed by atoms with Gasteiger partial charge in [-0.2, -0.15) is 4.39 Å². The van der Waals surface area contributed by atoms with Crippen LogP contribution in [0.1, 0.15) is 20.8 Å². The van der Waals surface area contributed by atoms with E-state index in [1.165, 1.54) is 12.1 Å². The number of hydrogen-bond donors (Lipinski definition) is 0. The molecule has 0 atom stereocenters. The van der Waals surface area contributed by atoms with E-state index in [0.717, 1.165) is 6.07 Å². The lowest BCUT2D eigenvalue weighted by molar-refractivity contribution is -0.388. The van der Waals surface area contributed by atoms with Crippen LogP contribution in [-0.4, -0.2) is 13.2 Å². The maximum atomic E-state index is 13.5. The lowest BCUT2D eigenvalue weighted by Crippen LogP contribution is -2.44. The van der Waals surface area contributed by atoms with E-state index in [4.69, 9.17) is 4.43 Å². The second-order valence-corrected chi connectivity index (χ2v) is 10.4. The molecule has 0 unspecified atom stereocenters. The molecule has 0 saturated heterocycles. The maximum Gasteiger partial charge on any atom is 0.344 e. The Balaban J connectivity index is 3.21. The molecular weight excluding hydrogens is 253 g/mol. The van der Waals surface area contributed by atoms with Crippen LogP contribution in [0.3, 0.4) is 0 Å². The van der Waals surface area contributed by atoms with Crippen molar-refractivity contribution < 1.29 is 13.7 Å². The number of nitro benzene ring substituents is 1. The van der Waals surface area contributed by atoms with E-state index in [9.17, 15) is 14.5 Å². The smallest absolute Gasteiger partial charge is 0.344 e. The van der Waals surface area contributed by atoms with Crippen molar-refractivity contribution in [3.05, 3.63) is 34.1 Å². The fourth-order valence-corrected chi connectivity index (χ4v) is 2.20. The van der Waals surface area contributed by atoms with Gasteiger partial charge in [-0.3, -0.25) is 10.1 Å². The van der Waals surface area contributed by atoms with Gasteiger partial charge in [0.05, 0.1) is 4.92 Å². The molecule has 1 rings (SSSR count). The first-order chi connectivity index (χ1) is 8.06. The molecule has 0 fully saturated rings. The summed E-state index contributed by atoms with van der Waals surface area (Å²) in [4.78, 5) is 10.1. The summed E-state index contributed by atoms with van der Waals surface area (Å²) < 4.78 is 19.3. The lowest BCUT2D eigenvalue weighted by Gasteiger charge is -2.36. The van der Waals surface area contributed by atoms with Crippen LogP contribution in [0, 0.1) is 15.9 Å². The minimum atomic E-state index is -2.22. The number of halogens is 1. The first-order valence-electron chi connectivity index (χ1n) is 5.68. The number of nitrogens with zero attached hydrogens (tertiary/aromatic N) is 1. The Morgan fingerprint density at radius 1 is 1.33 bits per heavy atom. The van der Waals surface area contributed by atoms with Gasteiger partial charge in [-0.1, -0.05) is 26.8 Å². The van der Waals surface area contributed by atoms with Gasteiger partial charge in [0.2, 0.25) is 5.82 Å².